The maximum Gasteiger partial charge on any atom is 0.265 e. The minimum atomic E-state index is -4.27. The lowest BCUT2D eigenvalue weighted by Gasteiger charge is -2.10. The predicted octanol–water partition coefficient (Wildman–Crippen LogP) is -0.493. The fourth-order valence-electron chi connectivity index (χ4n) is 1.50. The monoisotopic (exact) mass is 329 g/mol. The molecule has 0 fully saturated rings. The van der Waals surface area contributed by atoms with Gasteiger partial charge < -0.3 is 5.73 Å². The maximum absolute atomic E-state index is 12.2. The average molecular weight is 329 g/mol. The van der Waals surface area contributed by atoms with E-state index in [1.807, 2.05) is 0 Å². The van der Waals surface area contributed by atoms with Crippen molar-refractivity contribution < 1.29 is 16.8 Å². The van der Waals surface area contributed by atoms with Gasteiger partial charge in [-0.2, -0.15) is 0 Å². The van der Waals surface area contributed by atoms with Gasteiger partial charge in [-0.3, -0.25) is 0 Å². The van der Waals surface area contributed by atoms with Gasteiger partial charge in [0.25, 0.3) is 10.0 Å². The van der Waals surface area contributed by atoms with E-state index < -0.39 is 29.8 Å². The van der Waals surface area contributed by atoms with Crippen molar-refractivity contribution in [1.29, 1.82) is 0 Å². The number of hydrogen-bond acceptors (Lipinski definition) is 7. The van der Waals surface area contributed by atoms with Crippen LogP contribution in [-0.2, 0) is 20.0 Å². The fraction of sp³-hybridized carbons (Fsp3) is 0. The molecular formula is C10H11N5O4S2. The molecule has 0 saturated heterocycles. The number of sulfonamides is 2. The van der Waals surface area contributed by atoms with Crippen molar-refractivity contribution in [2.75, 3.05) is 10.5 Å². The normalized spacial score (nSPS) is 12.0. The average Bonchev–Trinajstić information content (AvgIpc) is 2.38. The summed E-state index contributed by atoms with van der Waals surface area (Å²) in [7, 11) is -8.50. The zero-order valence-corrected chi connectivity index (χ0v) is 12.1. The zero-order chi connectivity index (χ0) is 15.7. The Morgan fingerprint density at radius 3 is 2.19 bits per heavy atom. The molecule has 0 spiro atoms. The molecule has 0 unspecified atom stereocenters. The molecule has 112 valence electrons. The van der Waals surface area contributed by atoms with E-state index in [-0.39, 0.29) is 11.6 Å². The standard InChI is InChI=1S/C10H11N5O4S2/c11-7-2-3-8(9(6-7)20(12,16)17)21(18,19)15-10-13-4-1-5-14-10/h1-6H,11H2,(H2,12,16,17)(H,13,14,15). The molecule has 9 nitrogen and oxygen atoms in total. The molecule has 0 amide bonds. The van der Waals surface area contributed by atoms with E-state index in [1.54, 1.807) is 0 Å². The van der Waals surface area contributed by atoms with E-state index in [2.05, 4.69) is 14.7 Å². The van der Waals surface area contributed by atoms with Crippen molar-refractivity contribution in [2.45, 2.75) is 9.79 Å². The minimum Gasteiger partial charge on any atom is -0.399 e. The third kappa shape index (κ3) is 3.45. The molecule has 0 saturated carbocycles. The maximum atomic E-state index is 12.2. The molecule has 5 N–H and O–H groups in total. The lowest BCUT2D eigenvalue weighted by atomic mass is 10.3. The van der Waals surface area contributed by atoms with Crippen molar-refractivity contribution in [3.8, 4) is 0 Å². The molecule has 0 aliphatic heterocycles. The van der Waals surface area contributed by atoms with Crippen molar-refractivity contribution in [3.05, 3.63) is 36.7 Å². The van der Waals surface area contributed by atoms with E-state index >= 15 is 0 Å². The molecule has 11 heteroatoms. The number of benzene rings is 1. The molecule has 0 bridgehead atoms. The van der Waals surface area contributed by atoms with Crippen LogP contribution in [0.1, 0.15) is 0 Å². The van der Waals surface area contributed by atoms with E-state index in [9.17, 15) is 16.8 Å². The third-order valence-electron chi connectivity index (χ3n) is 2.36. The van der Waals surface area contributed by atoms with Crippen LogP contribution < -0.4 is 15.6 Å². The quantitative estimate of drug-likeness (QED) is 0.638. The number of nitrogen functional groups attached to an aromatic ring is 1. The minimum absolute atomic E-state index is 0.0638. The fourth-order valence-corrected chi connectivity index (χ4v) is 3.85. The highest BCUT2D eigenvalue weighted by Crippen LogP contribution is 2.23. The van der Waals surface area contributed by atoms with Crippen LogP contribution >= 0.6 is 0 Å². The Kier molecular flexibility index (Phi) is 3.80. The number of nitrogens with two attached hydrogens (primary N) is 2. The zero-order valence-electron chi connectivity index (χ0n) is 10.5. The lowest BCUT2D eigenvalue weighted by Crippen LogP contribution is -2.21. The Morgan fingerprint density at radius 2 is 1.62 bits per heavy atom. The molecule has 0 aliphatic rings. The molecule has 1 aromatic carbocycles. The largest absolute Gasteiger partial charge is 0.399 e. The van der Waals surface area contributed by atoms with Crippen LogP contribution in [0.4, 0.5) is 11.6 Å². The van der Waals surface area contributed by atoms with Crippen molar-refractivity contribution in [1.82, 2.24) is 9.97 Å². The number of primary sulfonamides is 1. The highest BCUT2D eigenvalue weighted by Gasteiger charge is 2.25. The van der Waals surface area contributed by atoms with Gasteiger partial charge >= 0.3 is 0 Å². The molecule has 1 aromatic heterocycles. The number of nitrogens with one attached hydrogen (secondary N) is 1. The second kappa shape index (κ2) is 5.27. The van der Waals surface area contributed by atoms with Gasteiger partial charge in [0, 0.05) is 18.1 Å². The van der Waals surface area contributed by atoms with Gasteiger partial charge in [0.2, 0.25) is 16.0 Å². The van der Waals surface area contributed by atoms with E-state index in [1.165, 1.54) is 24.5 Å². The summed E-state index contributed by atoms with van der Waals surface area (Å²) < 4.78 is 49.5. The van der Waals surface area contributed by atoms with Crippen molar-refractivity contribution >= 4 is 31.7 Å². The molecule has 2 rings (SSSR count). The lowest BCUT2D eigenvalue weighted by molar-refractivity contribution is 0.586. The second-order valence-electron chi connectivity index (χ2n) is 3.93. The first kappa shape index (κ1) is 15.2. The van der Waals surface area contributed by atoms with Crippen LogP contribution in [0.25, 0.3) is 0 Å². The molecule has 1 heterocycles. The number of hydrogen-bond donors (Lipinski definition) is 3. The molecule has 0 atom stereocenters. The van der Waals surface area contributed by atoms with Crippen LogP contribution in [0.15, 0.2) is 46.5 Å². The van der Waals surface area contributed by atoms with Crippen LogP contribution in [0, 0.1) is 0 Å². The molecule has 21 heavy (non-hydrogen) atoms. The van der Waals surface area contributed by atoms with Gasteiger partial charge in [-0.1, -0.05) is 0 Å². The van der Waals surface area contributed by atoms with Crippen LogP contribution in [0.2, 0.25) is 0 Å². The Balaban J connectivity index is 2.56. The first-order chi connectivity index (χ1) is 9.70. The molecular weight excluding hydrogens is 318 g/mol. The van der Waals surface area contributed by atoms with Gasteiger partial charge in [-0.15, -0.1) is 0 Å². The van der Waals surface area contributed by atoms with Gasteiger partial charge in [-0.05, 0) is 24.3 Å². The summed E-state index contributed by atoms with van der Waals surface area (Å²) in [5.74, 6) is -0.199. The number of aromatic nitrogens is 2. The van der Waals surface area contributed by atoms with E-state index in [0.29, 0.717) is 0 Å². The van der Waals surface area contributed by atoms with E-state index in [4.69, 9.17) is 10.9 Å². The van der Waals surface area contributed by atoms with Gasteiger partial charge in [0.15, 0.2) is 0 Å². The van der Waals surface area contributed by atoms with Gasteiger partial charge in [-0.25, -0.2) is 36.7 Å². The van der Waals surface area contributed by atoms with Gasteiger partial charge in [0.1, 0.15) is 9.79 Å². The van der Waals surface area contributed by atoms with Crippen LogP contribution in [0.5, 0.6) is 0 Å². The highest BCUT2D eigenvalue weighted by molar-refractivity contribution is 7.94. The summed E-state index contributed by atoms with van der Waals surface area (Å²) in [5.41, 5.74) is 5.52. The predicted molar refractivity (Wildman–Crippen MR) is 75.1 cm³/mol. The summed E-state index contributed by atoms with van der Waals surface area (Å²) in [6.07, 6.45) is 2.66. The summed E-state index contributed by atoms with van der Waals surface area (Å²) in [5, 5.41) is 5.01. The topological polar surface area (TPSA) is 158 Å². The molecule has 2 aromatic rings. The third-order valence-corrected chi connectivity index (χ3v) is 4.82. The first-order valence-corrected chi connectivity index (χ1v) is 8.45. The Morgan fingerprint density at radius 1 is 1.00 bits per heavy atom. The summed E-state index contributed by atoms with van der Waals surface area (Å²) in [4.78, 5) is 6.24. The molecule has 0 aliphatic carbocycles. The highest BCUT2D eigenvalue weighted by atomic mass is 32.2. The number of rotatable bonds is 4. The van der Waals surface area contributed by atoms with Crippen LogP contribution in [0.3, 0.4) is 0 Å². The number of nitrogens with zero attached hydrogens (tertiary/aromatic N) is 2. The Labute approximate surface area is 121 Å². The Bertz CT molecular complexity index is 866. The SMILES string of the molecule is Nc1ccc(S(=O)(=O)Nc2ncccn2)c(S(N)(=O)=O)c1. The van der Waals surface area contributed by atoms with Crippen molar-refractivity contribution in [2.24, 2.45) is 5.14 Å². The summed E-state index contributed by atoms with van der Waals surface area (Å²) >= 11 is 0. The summed E-state index contributed by atoms with van der Waals surface area (Å²) in [6, 6.07) is 4.75. The Hall–Kier alpha value is -2.24. The van der Waals surface area contributed by atoms with Crippen molar-refractivity contribution in [3.63, 3.8) is 0 Å². The summed E-state index contributed by atoms with van der Waals surface area (Å²) in [6.45, 7) is 0. The van der Waals surface area contributed by atoms with E-state index in [0.717, 1.165) is 12.1 Å². The smallest absolute Gasteiger partial charge is 0.265 e. The molecule has 0 radical (unpaired) electrons. The van der Waals surface area contributed by atoms with Crippen LogP contribution in [-0.4, -0.2) is 26.8 Å². The second-order valence-corrected chi connectivity index (χ2v) is 7.11. The first-order valence-electron chi connectivity index (χ1n) is 5.42. The van der Waals surface area contributed by atoms with Gasteiger partial charge in [0.05, 0.1) is 0 Å². The number of anilines is 2.